The number of hydrogen-bond acceptors (Lipinski definition) is 2. The van der Waals surface area contributed by atoms with Crippen molar-refractivity contribution in [3.8, 4) is 0 Å². The highest BCUT2D eigenvalue weighted by molar-refractivity contribution is 5.83. The molecular weight excluding hydrogens is 314 g/mol. The van der Waals surface area contributed by atoms with Crippen molar-refractivity contribution in [1.29, 1.82) is 0 Å². The summed E-state index contributed by atoms with van der Waals surface area (Å²) in [4.78, 5) is 32.1. The molecule has 2 aromatic rings. The molecule has 1 fully saturated rings. The van der Waals surface area contributed by atoms with Gasteiger partial charge in [0.05, 0.1) is 12.1 Å². The number of benzene rings is 1. The Kier molecular flexibility index (Phi) is 4.84. The zero-order valence-electron chi connectivity index (χ0n) is 15.6. The van der Waals surface area contributed by atoms with Crippen molar-refractivity contribution in [2.75, 3.05) is 13.1 Å². The first-order valence-electron chi connectivity index (χ1n) is 9.13. The van der Waals surface area contributed by atoms with Gasteiger partial charge in [-0.2, -0.15) is 0 Å². The summed E-state index contributed by atoms with van der Waals surface area (Å²) in [5.41, 5.74) is 3.67. The number of aromatic nitrogens is 1. The molecule has 1 saturated carbocycles. The van der Waals surface area contributed by atoms with Gasteiger partial charge in [0.15, 0.2) is 0 Å². The van der Waals surface area contributed by atoms with Gasteiger partial charge in [0.25, 0.3) is 5.56 Å². The summed E-state index contributed by atoms with van der Waals surface area (Å²) in [6.45, 7) is 9.78. The van der Waals surface area contributed by atoms with Crippen LogP contribution in [-0.2, 0) is 6.54 Å². The predicted octanol–water partition coefficient (Wildman–Crippen LogP) is 3.57. The Bertz CT molecular complexity index is 848. The third-order valence-electron chi connectivity index (χ3n) is 4.98. The van der Waals surface area contributed by atoms with E-state index in [0.717, 1.165) is 29.3 Å². The van der Waals surface area contributed by atoms with E-state index in [2.05, 4.69) is 24.0 Å². The van der Waals surface area contributed by atoms with Crippen molar-refractivity contribution in [2.45, 2.75) is 53.1 Å². The zero-order chi connectivity index (χ0) is 18.1. The maximum absolute atomic E-state index is 12.8. The van der Waals surface area contributed by atoms with Gasteiger partial charge >= 0.3 is 6.03 Å². The van der Waals surface area contributed by atoms with E-state index in [1.807, 2.05) is 36.6 Å². The number of rotatable bonds is 5. The highest BCUT2D eigenvalue weighted by Gasteiger charge is 2.34. The Balaban J connectivity index is 1.96. The van der Waals surface area contributed by atoms with E-state index in [1.54, 1.807) is 0 Å². The number of H-pyrrole nitrogens is 1. The molecule has 0 radical (unpaired) electrons. The van der Waals surface area contributed by atoms with Crippen LogP contribution in [0.5, 0.6) is 0 Å². The lowest BCUT2D eigenvalue weighted by molar-refractivity contribution is 0.151. The molecule has 134 valence electrons. The van der Waals surface area contributed by atoms with E-state index in [-0.39, 0.29) is 17.6 Å². The van der Waals surface area contributed by atoms with Crippen molar-refractivity contribution >= 4 is 16.9 Å². The van der Waals surface area contributed by atoms with Crippen LogP contribution in [0.3, 0.4) is 0 Å². The van der Waals surface area contributed by atoms with Gasteiger partial charge in [-0.25, -0.2) is 4.79 Å². The van der Waals surface area contributed by atoms with Crippen molar-refractivity contribution in [1.82, 2.24) is 14.8 Å². The number of amides is 2. The first-order valence-corrected chi connectivity index (χ1v) is 9.13. The minimum atomic E-state index is -0.0996. The van der Waals surface area contributed by atoms with E-state index in [0.29, 0.717) is 25.2 Å². The molecule has 2 amide bonds. The van der Waals surface area contributed by atoms with Crippen LogP contribution < -0.4 is 5.56 Å². The molecule has 0 spiro atoms. The second-order valence-electron chi connectivity index (χ2n) is 6.98. The van der Waals surface area contributed by atoms with E-state index >= 15 is 0 Å². The standard InChI is InChI=1S/C20H27N3O2/c1-5-22(6-2)20(25)23(17-7-8-17)12-16-11-15-10-13(3)9-14(4)18(15)21-19(16)24/h9-11,17H,5-8,12H2,1-4H3,(H,21,24). The van der Waals surface area contributed by atoms with Gasteiger partial charge in [0, 0.05) is 24.7 Å². The molecule has 5 heteroatoms. The first-order chi connectivity index (χ1) is 11.9. The number of pyridine rings is 1. The Labute approximate surface area is 148 Å². The lowest BCUT2D eigenvalue weighted by Gasteiger charge is -2.29. The fourth-order valence-electron chi connectivity index (χ4n) is 3.45. The Morgan fingerprint density at radius 1 is 1.16 bits per heavy atom. The SMILES string of the molecule is CCN(CC)C(=O)N(Cc1cc2cc(C)cc(C)c2[nH]c1=O)C1CC1. The summed E-state index contributed by atoms with van der Waals surface area (Å²) >= 11 is 0. The van der Waals surface area contributed by atoms with E-state index in [1.165, 1.54) is 5.56 Å². The number of carbonyl (C=O) groups excluding carboxylic acids is 1. The summed E-state index contributed by atoms with van der Waals surface area (Å²) < 4.78 is 0. The van der Waals surface area contributed by atoms with Crippen LogP contribution in [0.4, 0.5) is 4.79 Å². The molecule has 1 aromatic carbocycles. The monoisotopic (exact) mass is 341 g/mol. The third-order valence-corrected chi connectivity index (χ3v) is 4.98. The quantitative estimate of drug-likeness (QED) is 0.904. The number of carbonyl (C=O) groups is 1. The topological polar surface area (TPSA) is 56.4 Å². The molecule has 1 heterocycles. The second-order valence-corrected chi connectivity index (χ2v) is 6.98. The molecule has 0 atom stereocenters. The van der Waals surface area contributed by atoms with Gasteiger partial charge in [-0.05, 0) is 63.6 Å². The van der Waals surface area contributed by atoms with Crippen molar-refractivity contribution < 1.29 is 4.79 Å². The number of fused-ring (bicyclic) bond motifs is 1. The molecule has 0 unspecified atom stereocenters. The molecule has 5 nitrogen and oxygen atoms in total. The summed E-state index contributed by atoms with van der Waals surface area (Å²) in [6.07, 6.45) is 2.05. The normalized spacial score (nSPS) is 13.9. The maximum Gasteiger partial charge on any atom is 0.320 e. The van der Waals surface area contributed by atoms with Crippen LogP contribution in [0.15, 0.2) is 23.0 Å². The van der Waals surface area contributed by atoms with E-state index in [9.17, 15) is 9.59 Å². The predicted molar refractivity (Wildman–Crippen MR) is 101 cm³/mol. The minimum Gasteiger partial charge on any atom is -0.325 e. The molecule has 1 aliphatic carbocycles. The smallest absolute Gasteiger partial charge is 0.320 e. The summed E-state index contributed by atoms with van der Waals surface area (Å²) in [7, 11) is 0. The van der Waals surface area contributed by atoms with Crippen LogP contribution in [0.1, 0.15) is 43.4 Å². The average molecular weight is 341 g/mol. The molecule has 3 rings (SSSR count). The van der Waals surface area contributed by atoms with Crippen molar-refractivity contribution in [3.63, 3.8) is 0 Å². The van der Waals surface area contributed by atoms with Crippen molar-refractivity contribution in [3.05, 3.63) is 45.2 Å². The molecule has 1 aromatic heterocycles. The van der Waals surface area contributed by atoms with Crippen molar-refractivity contribution in [2.24, 2.45) is 0 Å². The molecule has 1 aliphatic rings. The van der Waals surface area contributed by atoms with Gasteiger partial charge in [0.2, 0.25) is 0 Å². The number of nitrogens with zero attached hydrogens (tertiary/aromatic N) is 2. The van der Waals surface area contributed by atoms with Crippen LogP contribution >= 0.6 is 0 Å². The van der Waals surface area contributed by atoms with Gasteiger partial charge in [0.1, 0.15) is 0 Å². The van der Waals surface area contributed by atoms with Gasteiger partial charge in [-0.1, -0.05) is 11.6 Å². The number of aryl methyl sites for hydroxylation is 2. The Morgan fingerprint density at radius 2 is 1.84 bits per heavy atom. The maximum atomic E-state index is 12.8. The second kappa shape index (κ2) is 6.90. The van der Waals surface area contributed by atoms with Crippen LogP contribution in [0.25, 0.3) is 10.9 Å². The molecule has 0 aliphatic heterocycles. The summed E-state index contributed by atoms with van der Waals surface area (Å²) in [6, 6.07) is 6.39. The fraction of sp³-hybridized carbons (Fsp3) is 0.500. The molecule has 0 bridgehead atoms. The Hall–Kier alpha value is -2.30. The third kappa shape index (κ3) is 3.55. The lowest BCUT2D eigenvalue weighted by atomic mass is 10.1. The van der Waals surface area contributed by atoms with E-state index in [4.69, 9.17) is 0 Å². The number of urea groups is 1. The minimum absolute atomic E-state index is 0.0346. The van der Waals surface area contributed by atoms with Gasteiger partial charge < -0.3 is 14.8 Å². The number of hydrogen-bond donors (Lipinski definition) is 1. The fourth-order valence-corrected chi connectivity index (χ4v) is 3.45. The van der Waals surface area contributed by atoms with E-state index < -0.39 is 0 Å². The molecule has 1 N–H and O–H groups in total. The summed E-state index contributed by atoms with van der Waals surface area (Å²) in [5, 5.41) is 1.03. The van der Waals surface area contributed by atoms with Crippen LogP contribution in [0.2, 0.25) is 0 Å². The summed E-state index contributed by atoms with van der Waals surface area (Å²) in [5.74, 6) is 0. The average Bonchev–Trinajstić information content (AvgIpc) is 3.39. The molecule has 0 saturated heterocycles. The van der Waals surface area contributed by atoms with Crippen LogP contribution in [0, 0.1) is 13.8 Å². The Morgan fingerprint density at radius 3 is 2.44 bits per heavy atom. The number of nitrogens with one attached hydrogen (secondary N) is 1. The lowest BCUT2D eigenvalue weighted by Crippen LogP contribution is -2.44. The molecule has 25 heavy (non-hydrogen) atoms. The highest BCUT2D eigenvalue weighted by atomic mass is 16.2. The molecular formula is C20H27N3O2. The highest BCUT2D eigenvalue weighted by Crippen LogP contribution is 2.29. The van der Waals surface area contributed by atoms with Crippen LogP contribution in [-0.4, -0.2) is 39.9 Å². The zero-order valence-corrected chi connectivity index (χ0v) is 15.6. The van der Waals surface area contributed by atoms with Gasteiger partial charge in [-0.3, -0.25) is 4.79 Å². The largest absolute Gasteiger partial charge is 0.325 e. The first kappa shape index (κ1) is 17.5. The number of aromatic amines is 1. The van der Waals surface area contributed by atoms with Gasteiger partial charge in [-0.15, -0.1) is 0 Å².